The topological polar surface area (TPSA) is 97.7 Å². The fourth-order valence-electron chi connectivity index (χ4n) is 2.84. The fourth-order valence-corrected chi connectivity index (χ4v) is 3.75. The Hall–Kier alpha value is -2.92. The van der Waals surface area contributed by atoms with Crippen LogP contribution in [-0.4, -0.2) is 39.1 Å². The second-order valence-electron chi connectivity index (χ2n) is 5.71. The van der Waals surface area contributed by atoms with E-state index in [-0.39, 0.29) is 11.8 Å². The molecule has 1 atom stereocenters. The molecule has 0 bridgehead atoms. The number of likely N-dealkylation sites (tertiary alicyclic amines) is 1. The van der Waals surface area contributed by atoms with E-state index in [0.29, 0.717) is 24.6 Å². The Morgan fingerprint density at radius 1 is 1.46 bits per heavy atom. The van der Waals surface area contributed by atoms with Crippen molar-refractivity contribution in [2.75, 3.05) is 18.4 Å². The number of H-pyrrole nitrogens is 1. The van der Waals surface area contributed by atoms with Crippen LogP contribution >= 0.6 is 11.3 Å². The molecule has 2 N–H and O–H groups in total. The summed E-state index contributed by atoms with van der Waals surface area (Å²) in [5.74, 6) is -0.222. The van der Waals surface area contributed by atoms with Crippen LogP contribution in [0.25, 0.3) is 21.3 Å². The molecule has 0 spiro atoms. The first-order valence-corrected chi connectivity index (χ1v) is 8.40. The highest BCUT2D eigenvalue weighted by atomic mass is 32.1. The molecule has 3 aromatic rings. The van der Waals surface area contributed by atoms with Crippen LogP contribution in [0.5, 0.6) is 0 Å². The van der Waals surface area contributed by atoms with Gasteiger partial charge in [0.05, 0.1) is 22.3 Å². The highest BCUT2D eigenvalue weighted by Crippen LogP contribution is 2.30. The van der Waals surface area contributed by atoms with Crippen molar-refractivity contribution in [2.24, 2.45) is 5.92 Å². The van der Waals surface area contributed by atoms with Crippen LogP contribution < -0.4 is 5.32 Å². The molecule has 0 saturated carbocycles. The number of nitrogens with one attached hydrogen (secondary N) is 2. The third-order valence-electron chi connectivity index (χ3n) is 4.15. The van der Waals surface area contributed by atoms with Crippen molar-refractivity contribution in [1.29, 1.82) is 5.26 Å². The smallest absolute Gasteiger partial charge is 0.231 e. The number of fused-ring (bicyclic) bond motifs is 1. The summed E-state index contributed by atoms with van der Waals surface area (Å²) in [6, 6.07) is 5.97. The molecular formula is C16H14N6OS. The van der Waals surface area contributed by atoms with Gasteiger partial charge in [0, 0.05) is 24.8 Å². The van der Waals surface area contributed by atoms with Gasteiger partial charge in [0.15, 0.2) is 11.3 Å². The van der Waals surface area contributed by atoms with Gasteiger partial charge in [-0.1, -0.05) is 17.4 Å². The molecule has 1 fully saturated rings. The van der Waals surface area contributed by atoms with Gasteiger partial charge in [-0.05, 0) is 24.1 Å². The molecule has 120 valence electrons. The number of hydrogen-bond donors (Lipinski definition) is 2. The normalized spacial score (nSPS) is 17.1. The highest BCUT2D eigenvalue weighted by molar-refractivity contribution is 7.22. The third-order valence-corrected chi connectivity index (χ3v) is 5.08. The SMILES string of the molecule is N#CN1CCC(C(=O)Nc2nc3ccc(-c4cn[nH]c4)cc3s2)C1. The number of aromatic amines is 1. The lowest BCUT2D eigenvalue weighted by molar-refractivity contribution is -0.119. The number of thiazole rings is 1. The number of anilines is 1. The van der Waals surface area contributed by atoms with Crippen LogP contribution in [0.3, 0.4) is 0 Å². The monoisotopic (exact) mass is 338 g/mol. The van der Waals surface area contributed by atoms with Crippen molar-refractivity contribution in [3.8, 4) is 17.3 Å². The lowest BCUT2D eigenvalue weighted by atomic mass is 10.1. The number of carbonyl (C=O) groups is 1. The predicted molar refractivity (Wildman–Crippen MR) is 91.1 cm³/mol. The molecule has 4 rings (SSSR count). The molecule has 1 aromatic carbocycles. The van der Waals surface area contributed by atoms with E-state index in [9.17, 15) is 4.79 Å². The summed E-state index contributed by atoms with van der Waals surface area (Å²) in [5.41, 5.74) is 2.92. The van der Waals surface area contributed by atoms with Gasteiger partial charge in [0.1, 0.15) is 0 Å². The quantitative estimate of drug-likeness (QED) is 0.715. The summed E-state index contributed by atoms with van der Waals surface area (Å²) in [4.78, 5) is 18.4. The van der Waals surface area contributed by atoms with E-state index in [1.165, 1.54) is 11.3 Å². The second kappa shape index (κ2) is 5.94. The van der Waals surface area contributed by atoms with E-state index in [1.54, 1.807) is 11.1 Å². The third kappa shape index (κ3) is 2.70. The number of carbonyl (C=O) groups excluding carboxylic acids is 1. The zero-order valence-electron chi connectivity index (χ0n) is 12.7. The Kier molecular flexibility index (Phi) is 3.63. The fraction of sp³-hybridized carbons (Fsp3) is 0.250. The van der Waals surface area contributed by atoms with Crippen LogP contribution in [0.15, 0.2) is 30.6 Å². The van der Waals surface area contributed by atoms with Crippen molar-refractivity contribution in [3.05, 3.63) is 30.6 Å². The summed E-state index contributed by atoms with van der Waals surface area (Å²) in [6.07, 6.45) is 6.40. The van der Waals surface area contributed by atoms with E-state index >= 15 is 0 Å². The van der Waals surface area contributed by atoms with Gasteiger partial charge in [0.2, 0.25) is 5.91 Å². The Labute approximate surface area is 141 Å². The van der Waals surface area contributed by atoms with Gasteiger partial charge in [-0.15, -0.1) is 0 Å². The second-order valence-corrected chi connectivity index (χ2v) is 6.74. The Morgan fingerprint density at radius 2 is 2.38 bits per heavy atom. The first-order chi connectivity index (χ1) is 11.7. The maximum absolute atomic E-state index is 12.3. The van der Waals surface area contributed by atoms with Gasteiger partial charge in [0.25, 0.3) is 0 Å². The van der Waals surface area contributed by atoms with Gasteiger partial charge >= 0.3 is 0 Å². The van der Waals surface area contributed by atoms with Gasteiger partial charge in [-0.3, -0.25) is 9.89 Å². The number of amides is 1. The van der Waals surface area contributed by atoms with Gasteiger partial charge in [-0.25, -0.2) is 4.98 Å². The summed E-state index contributed by atoms with van der Waals surface area (Å²) in [6.45, 7) is 1.13. The van der Waals surface area contributed by atoms with E-state index in [0.717, 1.165) is 21.3 Å². The average molecular weight is 338 g/mol. The Bertz CT molecular complexity index is 926. The van der Waals surface area contributed by atoms with Crippen molar-refractivity contribution in [3.63, 3.8) is 0 Å². The van der Waals surface area contributed by atoms with Gasteiger partial charge < -0.3 is 10.2 Å². The molecule has 1 aliphatic heterocycles. The standard InChI is InChI=1S/C16H14N6OS/c17-9-22-4-3-11(8-22)15(23)21-16-20-13-2-1-10(5-14(13)24-16)12-6-18-19-7-12/h1-2,5-7,11H,3-4,8H2,(H,18,19)(H,20,21,23). The van der Waals surface area contributed by atoms with Crippen LogP contribution in [-0.2, 0) is 4.79 Å². The molecule has 3 heterocycles. The number of benzene rings is 1. The summed E-state index contributed by atoms with van der Waals surface area (Å²) < 4.78 is 1.01. The number of nitrogens with zero attached hydrogens (tertiary/aromatic N) is 4. The van der Waals surface area contributed by atoms with E-state index < -0.39 is 0 Å². The Balaban J connectivity index is 1.53. The van der Waals surface area contributed by atoms with Crippen molar-refractivity contribution >= 4 is 32.6 Å². The summed E-state index contributed by atoms with van der Waals surface area (Å²) in [7, 11) is 0. The molecule has 0 aliphatic carbocycles. The average Bonchev–Trinajstić information content (AvgIpc) is 3.33. The molecule has 1 amide bonds. The minimum atomic E-state index is -0.154. The van der Waals surface area contributed by atoms with Crippen molar-refractivity contribution < 1.29 is 4.79 Å². The van der Waals surface area contributed by atoms with E-state index in [4.69, 9.17) is 5.26 Å². The maximum atomic E-state index is 12.3. The zero-order chi connectivity index (χ0) is 16.5. The largest absolute Gasteiger partial charge is 0.310 e. The molecule has 1 unspecified atom stereocenters. The number of nitriles is 1. The first-order valence-electron chi connectivity index (χ1n) is 7.58. The van der Waals surface area contributed by atoms with E-state index in [2.05, 4.69) is 26.7 Å². The minimum Gasteiger partial charge on any atom is -0.310 e. The number of hydrogen-bond acceptors (Lipinski definition) is 6. The van der Waals surface area contributed by atoms with Crippen molar-refractivity contribution in [2.45, 2.75) is 6.42 Å². The maximum Gasteiger partial charge on any atom is 0.231 e. The number of aromatic nitrogens is 3. The molecule has 0 radical (unpaired) electrons. The summed E-state index contributed by atoms with van der Waals surface area (Å²) >= 11 is 1.45. The predicted octanol–water partition coefficient (Wildman–Crippen LogP) is 2.43. The molecule has 8 heteroatoms. The molecule has 1 saturated heterocycles. The summed E-state index contributed by atoms with van der Waals surface area (Å²) in [5, 5.41) is 19.1. The molecule has 24 heavy (non-hydrogen) atoms. The minimum absolute atomic E-state index is 0.0677. The van der Waals surface area contributed by atoms with Crippen molar-refractivity contribution in [1.82, 2.24) is 20.1 Å². The highest BCUT2D eigenvalue weighted by Gasteiger charge is 2.28. The first kappa shape index (κ1) is 14.7. The van der Waals surface area contributed by atoms with Crippen LogP contribution in [0, 0.1) is 17.4 Å². The van der Waals surface area contributed by atoms with E-state index in [1.807, 2.05) is 24.4 Å². The molecule has 7 nitrogen and oxygen atoms in total. The zero-order valence-corrected chi connectivity index (χ0v) is 13.5. The molecule has 2 aromatic heterocycles. The van der Waals surface area contributed by atoms with Gasteiger partial charge in [-0.2, -0.15) is 10.4 Å². The molecule has 1 aliphatic rings. The Morgan fingerprint density at radius 3 is 3.12 bits per heavy atom. The van der Waals surface area contributed by atoms with Crippen LogP contribution in [0.1, 0.15) is 6.42 Å². The van der Waals surface area contributed by atoms with Crippen LogP contribution in [0.4, 0.5) is 5.13 Å². The lowest BCUT2D eigenvalue weighted by Gasteiger charge is -2.08. The van der Waals surface area contributed by atoms with Crippen LogP contribution in [0.2, 0.25) is 0 Å². The molecular weight excluding hydrogens is 324 g/mol. The number of rotatable bonds is 3. The lowest BCUT2D eigenvalue weighted by Crippen LogP contribution is -2.25.